The van der Waals surface area contributed by atoms with Gasteiger partial charge in [0.2, 0.25) is 0 Å². The molecule has 2 N–H and O–H groups in total. The van der Waals surface area contributed by atoms with Gasteiger partial charge < -0.3 is 15.3 Å². The minimum atomic E-state index is -0.124. The van der Waals surface area contributed by atoms with Gasteiger partial charge in [-0.05, 0) is 25.0 Å². The lowest BCUT2D eigenvalue weighted by Gasteiger charge is -2.11. The number of hydrogen-bond acceptors (Lipinski definition) is 4. The molecule has 0 radical (unpaired) electrons. The number of anilines is 1. The largest absolute Gasteiger partial charge is 0.396 e. The Morgan fingerprint density at radius 3 is 2.71 bits per heavy atom. The van der Waals surface area contributed by atoms with Crippen molar-refractivity contribution in [3.05, 3.63) is 23.9 Å². The molecule has 0 spiro atoms. The number of aromatic nitrogens is 1. The van der Waals surface area contributed by atoms with Crippen molar-refractivity contribution in [2.75, 3.05) is 32.1 Å². The molecule has 0 unspecified atom stereocenters. The van der Waals surface area contributed by atoms with Gasteiger partial charge in [0.05, 0.1) is 5.56 Å². The van der Waals surface area contributed by atoms with Crippen LogP contribution in [0.1, 0.15) is 23.2 Å². The molecule has 1 rings (SSSR count). The minimum absolute atomic E-state index is 0.124. The van der Waals surface area contributed by atoms with E-state index in [9.17, 15) is 4.79 Å². The van der Waals surface area contributed by atoms with E-state index in [0.717, 1.165) is 12.2 Å². The summed E-state index contributed by atoms with van der Waals surface area (Å²) in [5.41, 5.74) is 0.555. The van der Waals surface area contributed by atoms with Crippen molar-refractivity contribution < 1.29 is 9.90 Å². The van der Waals surface area contributed by atoms with Gasteiger partial charge in [0, 0.05) is 33.4 Å². The highest BCUT2D eigenvalue weighted by atomic mass is 16.2. The van der Waals surface area contributed by atoms with Crippen LogP contribution in [0.2, 0.25) is 0 Å². The average molecular weight is 237 g/mol. The molecular formula is C12H19N3O2. The summed E-state index contributed by atoms with van der Waals surface area (Å²) in [5, 5.41) is 11.4. The lowest BCUT2D eigenvalue weighted by molar-refractivity contribution is 0.0951. The SMILES string of the molecule is CN(C)c1ccc(C(=O)NCCCCO)cn1. The standard InChI is InChI=1S/C12H19N3O2/c1-15(2)11-6-5-10(9-14-11)12(17)13-7-3-4-8-16/h5-6,9,16H,3-4,7-8H2,1-2H3,(H,13,17). The summed E-state index contributed by atoms with van der Waals surface area (Å²) >= 11 is 0. The maximum absolute atomic E-state index is 11.7. The van der Waals surface area contributed by atoms with Crippen LogP contribution in [0.4, 0.5) is 5.82 Å². The first-order chi connectivity index (χ1) is 8.15. The molecule has 1 heterocycles. The number of nitrogens with one attached hydrogen (secondary N) is 1. The van der Waals surface area contributed by atoms with Crippen LogP contribution < -0.4 is 10.2 Å². The molecule has 0 saturated carbocycles. The molecule has 17 heavy (non-hydrogen) atoms. The molecule has 5 heteroatoms. The maximum Gasteiger partial charge on any atom is 0.252 e. The van der Waals surface area contributed by atoms with Crippen molar-refractivity contribution in [1.82, 2.24) is 10.3 Å². The number of amides is 1. The van der Waals surface area contributed by atoms with Gasteiger partial charge in [-0.3, -0.25) is 4.79 Å². The minimum Gasteiger partial charge on any atom is -0.396 e. The second-order valence-corrected chi connectivity index (χ2v) is 3.99. The fraction of sp³-hybridized carbons (Fsp3) is 0.500. The molecule has 5 nitrogen and oxygen atoms in total. The number of pyridine rings is 1. The van der Waals surface area contributed by atoms with Crippen LogP contribution in [-0.2, 0) is 0 Å². The van der Waals surface area contributed by atoms with Crippen LogP contribution in [0.25, 0.3) is 0 Å². The Morgan fingerprint density at radius 2 is 2.18 bits per heavy atom. The number of carbonyl (C=O) groups is 1. The molecule has 0 fully saturated rings. The first-order valence-corrected chi connectivity index (χ1v) is 5.67. The molecule has 0 aliphatic rings. The third kappa shape index (κ3) is 4.40. The fourth-order valence-electron chi connectivity index (χ4n) is 1.33. The average Bonchev–Trinajstić information content (AvgIpc) is 2.34. The molecule has 0 aliphatic heterocycles. The number of nitrogens with zero attached hydrogens (tertiary/aromatic N) is 2. The Kier molecular flexibility index (Phi) is 5.42. The zero-order valence-electron chi connectivity index (χ0n) is 10.3. The Morgan fingerprint density at radius 1 is 1.41 bits per heavy atom. The summed E-state index contributed by atoms with van der Waals surface area (Å²) in [6.07, 6.45) is 3.06. The van der Waals surface area contributed by atoms with Crippen LogP contribution in [-0.4, -0.2) is 43.2 Å². The van der Waals surface area contributed by atoms with E-state index in [1.54, 1.807) is 12.3 Å². The quantitative estimate of drug-likeness (QED) is 0.713. The smallest absolute Gasteiger partial charge is 0.252 e. The lowest BCUT2D eigenvalue weighted by atomic mass is 10.2. The Labute approximate surface area is 101 Å². The number of carbonyl (C=O) groups excluding carboxylic acids is 1. The van der Waals surface area contributed by atoms with Gasteiger partial charge in [-0.1, -0.05) is 0 Å². The Bertz CT molecular complexity index is 349. The highest BCUT2D eigenvalue weighted by molar-refractivity contribution is 5.94. The highest BCUT2D eigenvalue weighted by Crippen LogP contribution is 2.07. The topological polar surface area (TPSA) is 65.5 Å². The number of aliphatic hydroxyl groups excluding tert-OH is 1. The third-order valence-electron chi connectivity index (χ3n) is 2.34. The van der Waals surface area contributed by atoms with E-state index in [0.29, 0.717) is 18.5 Å². The number of hydrogen-bond donors (Lipinski definition) is 2. The van der Waals surface area contributed by atoms with E-state index < -0.39 is 0 Å². The first-order valence-electron chi connectivity index (χ1n) is 5.67. The molecule has 1 aromatic heterocycles. The van der Waals surface area contributed by atoms with E-state index in [1.165, 1.54) is 0 Å². The van der Waals surface area contributed by atoms with E-state index in [1.807, 2.05) is 25.1 Å². The Balaban J connectivity index is 2.46. The summed E-state index contributed by atoms with van der Waals surface area (Å²) in [6.45, 7) is 0.740. The van der Waals surface area contributed by atoms with Gasteiger partial charge in [0.25, 0.3) is 5.91 Å². The first kappa shape index (κ1) is 13.4. The number of unbranched alkanes of at least 4 members (excludes halogenated alkanes) is 1. The van der Waals surface area contributed by atoms with Crippen LogP contribution in [0.15, 0.2) is 18.3 Å². The van der Waals surface area contributed by atoms with E-state index in [4.69, 9.17) is 5.11 Å². The third-order valence-corrected chi connectivity index (χ3v) is 2.34. The summed E-state index contributed by atoms with van der Waals surface area (Å²) in [7, 11) is 3.80. The van der Waals surface area contributed by atoms with Crippen LogP contribution in [0.3, 0.4) is 0 Å². The van der Waals surface area contributed by atoms with Gasteiger partial charge in [-0.15, -0.1) is 0 Å². The monoisotopic (exact) mass is 237 g/mol. The Hall–Kier alpha value is -1.62. The van der Waals surface area contributed by atoms with Crippen LogP contribution >= 0.6 is 0 Å². The number of aliphatic hydroxyl groups is 1. The summed E-state index contributed by atoms with van der Waals surface area (Å²) in [6, 6.07) is 3.56. The molecular weight excluding hydrogens is 218 g/mol. The molecule has 0 bridgehead atoms. The highest BCUT2D eigenvalue weighted by Gasteiger charge is 2.05. The molecule has 1 aromatic rings. The lowest BCUT2D eigenvalue weighted by Crippen LogP contribution is -2.24. The van der Waals surface area contributed by atoms with E-state index >= 15 is 0 Å². The number of rotatable bonds is 6. The molecule has 0 saturated heterocycles. The fourth-order valence-corrected chi connectivity index (χ4v) is 1.33. The van der Waals surface area contributed by atoms with Crippen molar-refractivity contribution >= 4 is 11.7 Å². The van der Waals surface area contributed by atoms with Crippen molar-refractivity contribution in [1.29, 1.82) is 0 Å². The van der Waals surface area contributed by atoms with E-state index in [-0.39, 0.29) is 12.5 Å². The van der Waals surface area contributed by atoms with Gasteiger partial charge in [0.15, 0.2) is 0 Å². The maximum atomic E-state index is 11.7. The van der Waals surface area contributed by atoms with Gasteiger partial charge in [-0.2, -0.15) is 0 Å². The second-order valence-electron chi connectivity index (χ2n) is 3.99. The predicted octanol–water partition coefficient (Wildman–Crippen LogP) is 0.650. The molecule has 0 atom stereocenters. The molecule has 0 aromatic carbocycles. The van der Waals surface area contributed by atoms with Crippen LogP contribution in [0.5, 0.6) is 0 Å². The van der Waals surface area contributed by atoms with Crippen molar-refractivity contribution in [2.45, 2.75) is 12.8 Å². The predicted molar refractivity (Wildman–Crippen MR) is 67.2 cm³/mol. The van der Waals surface area contributed by atoms with Crippen molar-refractivity contribution in [2.24, 2.45) is 0 Å². The van der Waals surface area contributed by atoms with Crippen molar-refractivity contribution in [3.8, 4) is 0 Å². The zero-order valence-corrected chi connectivity index (χ0v) is 10.3. The summed E-state index contributed by atoms with van der Waals surface area (Å²) < 4.78 is 0. The molecule has 1 amide bonds. The second kappa shape index (κ2) is 6.85. The van der Waals surface area contributed by atoms with Gasteiger partial charge in [0.1, 0.15) is 5.82 Å². The van der Waals surface area contributed by atoms with Crippen molar-refractivity contribution in [3.63, 3.8) is 0 Å². The van der Waals surface area contributed by atoms with E-state index in [2.05, 4.69) is 10.3 Å². The van der Waals surface area contributed by atoms with Gasteiger partial charge in [-0.25, -0.2) is 4.98 Å². The normalized spacial score (nSPS) is 10.1. The van der Waals surface area contributed by atoms with Gasteiger partial charge >= 0.3 is 0 Å². The summed E-state index contributed by atoms with van der Waals surface area (Å²) in [5.74, 6) is 0.697. The summed E-state index contributed by atoms with van der Waals surface area (Å²) in [4.78, 5) is 17.7. The zero-order chi connectivity index (χ0) is 12.7. The molecule has 94 valence electrons. The molecule has 0 aliphatic carbocycles. The van der Waals surface area contributed by atoms with Crippen LogP contribution in [0, 0.1) is 0 Å².